The van der Waals surface area contributed by atoms with Gasteiger partial charge in [0.05, 0.1) is 5.56 Å². The first-order valence-electron chi connectivity index (χ1n) is 9.27. The molecule has 0 spiro atoms. The van der Waals surface area contributed by atoms with Gasteiger partial charge in [0.25, 0.3) is 6.47 Å². The zero-order valence-corrected chi connectivity index (χ0v) is 15.7. The van der Waals surface area contributed by atoms with Crippen LogP contribution in [0, 0.1) is 17.7 Å². The third-order valence-electron chi connectivity index (χ3n) is 5.59. The number of nitrogens with zero attached hydrogens (tertiary/aromatic N) is 1. The first kappa shape index (κ1) is 21.4. The highest BCUT2D eigenvalue weighted by Crippen LogP contribution is 2.34. The van der Waals surface area contributed by atoms with Crippen molar-refractivity contribution in [2.75, 3.05) is 13.1 Å². The molecule has 6 nitrogen and oxygen atoms in total. The van der Waals surface area contributed by atoms with Crippen LogP contribution in [0.2, 0.25) is 0 Å². The van der Waals surface area contributed by atoms with Crippen molar-refractivity contribution in [2.45, 2.75) is 44.2 Å². The van der Waals surface area contributed by atoms with Crippen molar-refractivity contribution in [1.29, 1.82) is 0 Å². The zero-order valence-electron chi connectivity index (χ0n) is 15.7. The SMILES string of the molecule is CC(Oc1ccc(C(F)(F)F)cc1F)C1CN(C(=O)[C@@H]2CC(OC=O)[C@@H](N)C2)C1. The lowest BCUT2D eigenvalue weighted by atomic mass is 9.92. The molecule has 3 rings (SSSR count). The Labute approximate surface area is 164 Å². The minimum absolute atomic E-state index is 0.0715. The topological polar surface area (TPSA) is 81.9 Å². The van der Waals surface area contributed by atoms with E-state index in [1.807, 2.05) is 0 Å². The van der Waals surface area contributed by atoms with Crippen molar-refractivity contribution in [1.82, 2.24) is 4.90 Å². The molecule has 4 atom stereocenters. The fraction of sp³-hybridized carbons (Fsp3) is 0.579. The van der Waals surface area contributed by atoms with E-state index in [-0.39, 0.29) is 29.5 Å². The Hall–Kier alpha value is -2.36. The molecule has 10 heteroatoms. The molecule has 1 heterocycles. The summed E-state index contributed by atoms with van der Waals surface area (Å²) in [5.41, 5.74) is 4.80. The first-order valence-corrected chi connectivity index (χ1v) is 9.27. The zero-order chi connectivity index (χ0) is 21.3. The number of halogens is 4. The van der Waals surface area contributed by atoms with E-state index in [1.54, 1.807) is 11.8 Å². The van der Waals surface area contributed by atoms with Gasteiger partial charge in [-0.1, -0.05) is 0 Å². The predicted octanol–water partition coefficient (Wildman–Crippen LogP) is 2.35. The third kappa shape index (κ3) is 4.63. The normalized spacial score (nSPS) is 26.0. The number of hydrogen-bond acceptors (Lipinski definition) is 5. The Morgan fingerprint density at radius 2 is 2.00 bits per heavy atom. The summed E-state index contributed by atoms with van der Waals surface area (Å²) < 4.78 is 62.1. The van der Waals surface area contributed by atoms with E-state index >= 15 is 0 Å². The van der Waals surface area contributed by atoms with Gasteiger partial charge in [-0.2, -0.15) is 13.2 Å². The average Bonchev–Trinajstić information content (AvgIpc) is 2.95. The molecule has 2 unspecified atom stereocenters. The van der Waals surface area contributed by atoms with Crippen molar-refractivity contribution < 1.29 is 36.6 Å². The molecule has 1 aliphatic carbocycles. The van der Waals surface area contributed by atoms with Gasteiger partial charge in [0.2, 0.25) is 5.91 Å². The molecule has 1 saturated heterocycles. The van der Waals surface area contributed by atoms with Gasteiger partial charge >= 0.3 is 6.18 Å². The lowest BCUT2D eigenvalue weighted by molar-refractivity contribution is -0.145. The quantitative estimate of drug-likeness (QED) is 0.567. The van der Waals surface area contributed by atoms with E-state index < -0.39 is 29.8 Å². The number of amides is 1. The molecule has 29 heavy (non-hydrogen) atoms. The number of hydrogen-bond donors (Lipinski definition) is 1. The van der Waals surface area contributed by atoms with E-state index in [2.05, 4.69) is 0 Å². The summed E-state index contributed by atoms with van der Waals surface area (Å²) in [4.78, 5) is 24.7. The molecule has 2 aliphatic rings. The van der Waals surface area contributed by atoms with Crippen molar-refractivity contribution in [2.24, 2.45) is 17.6 Å². The lowest BCUT2D eigenvalue weighted by Gasteiger charge is -2.43. The fourth-order valence-electron chi connectivity index (χ4n) is 3.78. The Morgan fingerprint density at radius 3 is 2.59 bits per heavy atom. The number of carbonyl (C=O) groups is 2. The highest BCUT2D eigenvalue weighted by atomic mass is 19.4. The average molecular weight is 418 g/mol. The minimum atomic E-state index is -4.63. The standard InChI is InChI=1S/C19H22F4N2O4/c1-10(29-16-3-2-13(6-14(16)20)19(21,22)23)12-7-25(8-12)18(27)11-4-15(24)17(5-11)28-9-26/h2-3,6,9-12,15,17H,4-5,7-8,24H2,1H3/t10?,11-,15-,17?/m0/s1. The van der Waals surface area contributed by atoms with Gasteiger partial charge in [0.1, 0.15) is 12.2 Å². The Bertz CT molecular complexity index is 767. The number of ether oxygens (including phenoxy) is 2. The molecule has 1 aliphatic heterocycles. The van der Waals surface area contributed by atoms with E-state index in [0.717, 1.165) is 12.1 Å². The molecule has 1 saturated carbocycles. The summed E-state index contributed by atoms with van der Waals surface area (Å²) in [7, 11) is 0. The third-order valence-corrected chi connectivity index (χ3v) is 5.59. The summed E-state index contributed by atoms with van der Waals surface area (Å²) in [6.07, 6.45) is -4.77. The molecule has 1 amide bonds. The molecule has 0 radical (unpaired) electrons. The maximum Gasteiger partial charge on any atom is 0.416 e. The van der Waals surface area contributed by atoms with Crippen LogP contribution in [0.1, 0.15) is 25.3 Å². The molecule has 2 fully saturated rings. The number of benzene rings is 1. The Balaban J connectivity index is 1.51. The number of nitrogens with two attached hydrogens (primary N) is 1. The predicted molar refractivity (Wildman–Crippen MR) is 93.2 cm³/mol. The molecule has 1 aromatic rings. The van der Waals surface area contributed by atoms with Crippen LogP contribution in [0.5, 0.6) is 5.75 Å². The molecule has 2 N–H and O–H groups in total. The molecular weight excluding hydrogens is 396 g/mol. The van der Waals surface area contributed by atoms with Crippen LogP contribution in [-0.2, 0) is 20.5 Å². The second kappa shape index (κ2) is 8.17. The summed E-state index contributed by atoms with van der Waals surface area (Å²) >= 11 is 0. The highest BCUT2D eigenvalue weighted by molar-refractivity contribution is 5.80. The molecule has 160 valence electrons. The minimum Gasteiger partial charge on any atom is -0.487 e. The van der Waals surface area contributed by atoms with E-state index in [4.69, 9.17) is 15.2 Å². The van der Waals surface area contributed by atoms with Gasteiger partial charge in [-0.25, -0.2) is 4.39 Å². The largest absolute Gasteiger partial charge is 0.487 e. The van der Waals surface area contributed by atoms with Gasteiger partial charge in [0.15, 0.2) is 11.6 Å². The molecule has 0 aromatic heterocycles. The molecule has 0 bridgehead atoms. The van der Waals surface area contributed by atoms with E-state index in [1.165, 1.54) is 0 Å². The highest BCUT2D eigenvalue weighted by Gasteiger charge is 2.43. The van der Waals surface area contributed by atoms with Crippen LogP contribution in [-0.4, -0.2) is 48.6 Å². The van der Waals surface area contributed by atoms with Crippen LogP contribution in [0.4, 0.5) is 17.6 Å². The number of alkyl halides is 3. The summed E-state index contributed by atoms with van der Waals surface area (Å²) in [6, 6.07) is 1.75. The smallest absolute Gasteiger partial charge is 0.416 e. The number of likely N-dealkylation sites (tertiary alicyclic amines) is 1. The van der Waals surface area contributed by atoms with Crippen LogP contribution in [0.3, 0.4) is 0 Å². The Morgan fingerprint density at radius 1 is 1.31 bits per heavy atom. The fourth-order valence-corrected chi connectivity index (χ4v) is 3.78. The first-order chi connectivity index (χ1) is 13.6. The van der Waals surface area contributed by atoms with Crippen molar-refractivity contribution in [3.8, 4) is 5.75 Å². The Kier molecular flexibility index (Phi) is 6.02. The lowest BCUT2D eigenvalue weighted by Crippen LogP contribution is -2.56. The second-order valence-electron chi connectivity index (χ2n) is 7.57. The van der Waals surface area contributed by atoms with Crippen LogP contribution < -0.4 is 10.5 Å². The maximum absolute atomic E-state index is 13.9. The van der Waals surface area contributed by atoms with Crippen molar-refractivity contribution >= 4 is 12.4 Å². The summed E-state index contributed by atoms with van der Waals surface area (Å²) in [5.74, 6) is -1.81. The summed E-state index contributed by atoms with van der Waals surface area (Å²) in [6.45, 7) is 2.81. The van der Waals surface area contributed by atoms with Gasteiger partial charge in [-0.15, -0.1) is 0 Å². The van der Waals surface area contributed by atoms with Crippen LogP contribution in [0.15, 0.2) is 18.2 Å². The summed E-state index contributed by atoms with van der Waals surface area (Å²) in [5, 5.41) is 0. The maximum atomic E-state index is 13.9. The van der Waals surface area contributed by atoms with Crippen molar-refractivity contribution in [3.63, 3.8) is 0 Å². The van der Waals surface area contributed by atoms with Gasteiger partial charge in [0, 0.05) is 31.0 Å². The second-order valence-corrected chi connectivity index (χ2v) is 7.57. The van der Waals surface area contributed by atoms with Crippen molar-refractivity contribution in [3.05, 3.63) is 29.6 Å². The number of rotatable bonds is 6. The van der Waals surface area contributed by atoms with Gasteiger partial charge in [-0.05, 0) is 38.0 Å². The molecular formula is C19H22F4N2O4. The van der Waals surface area contributed by atoms with E-state index in [0.29, 0.717) is 38.5 Å². The monoisotopic (exact) mass is 418 g/mol. The number of carbonyl (C=O) groups excluding carboxylic acids is 2. The van der Waals surface area contributed by atoms with E-state index in [9.17, 15) is 27.2 Å². The molecule has 1 aromatic carbocycles. The van der Waals surface area contributed by atoms with Crippen LogP contribution >= 0.6 is 0 Å². The van der Waals surface area contributed by atoms with Crippen LogP contribution in [0.25, 0.3) is 0 Å². The van der Waals surface area contributed by atoms with Gasteiger partial charge < -0.3 is 20.1 Å². The van der Waals surface area contributed by atoms with Gasteiger partial charge in [-0.3, -0.25) is 9.59 Å².